The number of aliphatic hydroxyl groups excluding tert-OH is 1. The van der Waals surface area contributed by atoms with Crippen molar-refractivity contribution in [3.05, 3.63) is 35.4 Å². The third-order valence-corrected chi connectivity index (χ3v) is 2.52. The van der Waals surface area contributed by atoms with E-state index in [2.05, 4.69) is 17.2 Å². The van der Waals surface area contributed by atoms with Crippen LogP contribution in [0.3, 0.4) is 0 Å². The molecule has 0 heterocycles. The summed E-state index contributed by atoms with van der Waals surface area (Å²) >= 11 is 0. The highest BCUT2D eigenvalue weighted by atomic mass is 16.2. The summed E-state index contributed by atoms with van der Waals surface area (Å²) in [5.41, 5.74) is 1.25. The van der Waals surface area contributed by atoms with Crippen LogP contribution in [-0.4, -0.2) is 49.1 Å². The topological polar surface area (TPSA) is 69.6 Å². The number of benzene rings is 1. The van der Waals surface area contributed by atoms with Crippen molar-refractivity contribution in [1.82, 2.24) is 10.2 Å². The van der Waals surface area contributed by atoms with E-state index >= 15 is 0 Å². The summed E-state index contributed by atoms with van der Waals surface area (Å²) in [4.78, 5) is 24.6. The molecule has 0 unspecified atom stereocenters. The zero-order chi connectivity index (χ0) is 15.0. The maximum absolute atomic E-state index is 11.8. The van der Waals surface area contributed by atoms with E-state index in [0.29, 0.717) is 12.0 Å². The van der Waals surface area contributed by atoms with Gasteiger partial charge in [0, 0.05) is 31.6 Å². The van der Waals surface area contributed by atoms with E-state index in [1.807, 2.05) is 0 Å². The molecular weight excluding hydrogens is 256 g/mol. The Bertz CT molecular complexity index is 524. The molecule has 0 radical (unpaired) electrons. The van der Waals surface area contributed by atoms with E-state index < -0.39 is 0 Å². The minimum atomic E-state index is -0.296. The lowest BCUT2D eigenvalue weighted by Gasteiger charge is -2.10. The van der Waals surface area contributed by atoms with Gasteiger partial charge in [-0.25, -0.2) is 0 Å². The number of nitrogens with one attached hydrogen (secondary N) is 1. The smallest absolute Gasteiger partial charge is 0.251 e. The van der Waals surface area contributed by atoms with Gasteiger partial charge in [-0.05, 0) is 24.3 Å². The number of hydrogen-bond acceptors (Lipinski definition) is 3. The third kappa shape index (κ3) is 5.12. The molecule has 5 heteroatoms. The van der Waals surface area contributed by atoms with E-state index in [0.717, 1.165) is 5.56 Å². The minimum Gasteiger partial charge on any atom is -0.395 e. The molecule has 20 heavy (non-hydrogen) atoms. The van der Waals surface area contributed by atoms with Crippen LogP contribution in [0.2, 0.25) is 0 Å². The summed E-state index contributed by atoms with van der Waals surface area (Å²) < 4.78 is 0. The van der Waals surface area contributed by atoms with Crippen molar-refractivity contribution in [3.63, 3.8) is 0 Å². The van der Waals surface area contributed by atoms with Gasteiger partial charge in [-0.15, -0.1) is 0 Å². The van der Waals surface area contributed by atoms with Crippen LogP contribution in [0.5, 0.6) is 0 Å². The summed E-state index contributed by atoms with van der Waals surface area (Å²) in [6.07, 6.45) is 0.425. The molecule has 1 rings (SSSR count). The van der Waals surface area contributed by atoms with Gasteiger partial charge in [-0.3, -0.25) is 9.59 Å². The second kappa shape index (κ2) is 7.97. The first kappa shape index (κ1) is 15.7. The van der Waals surface area contributed by atoms with Gasteiger partial charge in [0.1, 0.15) is 0 Å². The summed E-state index contributed by atoms with van der Waals surface area (Å²) in [6, 6.07) is 6.76. The maximum atomic E-state index is 11.8. The Morgan fingerprint density at radius 1 is 1.25 bits per heavy atom. The van der Waals surface area contributed by atoms with Crippen molar-refractivity contribution in [3.8, 4) is 11.8 Å². The Morgan fingerprint density at radius 2 is 1.90 bits per heavy atom. The van der Waals surface area contributed by atoms with Crippen molar-refractivity contribution in [1.29, 1.82) is 0 Å². The number of carbonyl (C=O) groups is 2. The Balaban J connectivity index is 2.58. The average molecular weight is 274 g/mol. The zero-order valence-electron chi connectivity index (χ0n) is 11.6. The van der Waals surface area contributed by atoms with Gasteiger partial charge in [-0.2, -0.15) is 0 Å². The fourth-order valence-corrected chi connectivity index (χ4v) is 1.34. The average Bonchev–Trinajstić information content (AvgIpc) is 2.45. The quantitative estimate of drug-likeness (QED) is 0.773. The van der Waals surface area contributed by atoms with Gasteiger partial charge < -0.3 is 15.3 Å². The van der Waals surface area contributed by atoms with Crippen LogP contribution < -0.4 is 5.32 Å². The largest absolute Gasteiger partial charge is 0.395 e. The fourth-order valence-electron chi connectivity index (χ4n) is 1.34. The van der Waals surface area contributed by atoms with E-state index in [4.69, 9.17) is 5.11 Å². The normalized spacial score (nSPS) is 9.35. The highest BCUT2D eigenvalue weighted by Gasteiger charge is 2.08. The number of carbonyl (C=O) groups excluding carboxylic acids is 2. The zero-order valence-corrected chi connectivity index (χ0v) is 11.6. The summed E-state index contributed by atoms with van der Waals surface area (Å²) in [5.74, 6) is 5.22. The first-order chi connectivity index (χ1) is 9.54. The molecule has 0 bridgehead atoms. The maximum Gasteiger partial charge on any atom is 0.251 e. The van der Waals surface area contributed by atoms with Crippen LogP contribution in [0, 0.1) is 11.8 Å². The SMILES string of the molecule is CN(C)C(=O)CNC(=O)c1ccc(C#CCCO)cc1. The molecule has 0 saturated heterocycles. The summed E-state index contributed by atoms with van der Waals surface area (Å²) in [7, 11) is 3.27. The van der Waals surface area contributed by atoms with Crippen LogP contribution >= 0.6 is 0 Å². The van der Waals surface area contributed by atoms with Crippen LogP contribution in [0.15, 0.2) is 24.3 Å². The van der Waals surface area contributed by atoms with E-state index in [-0.39, 0.29) is 25.0 Å². The van der Waals surface area contributed by atoms with E-state index in [1.165, 1.54) is 4.90 Å². The van der Waals surface area contributed by atoms with Crippen molar-refractivity contribution >= 4 is 11.8 Å². The molecular formula is C15H18N2O3. The second-order valence-electron chi connectivity index (χ2n) is 4.32. The van der Waals surface area contributed by atoms with E-state index in [9.17, 15) is 9.59 Å². The first-order valence-corrected chi connectivity index (χ1v) is 6.22. The lowest BCUT2D eigenvalue weighted by atomic mass is 10.1. The lowest BCUT2D eigenvalue weighted by Crippen LogP contribution is -2.36. The highest BCUT2D eigenvalue weighted by Crippen LogP contribution is 2.03. The Labute approximate surface area is 118 Å². The molecule has 0 aliphatic carbocycles. The predicted octanol–water partition coefficient (Wildman–Crippen LogP) is 0.238. The van der Waals surface area contributed by atoms with Gasteiger partial charge in [0.15, 0.2) is 0 Å². The Hall–Kier alpha value is -2.32. The van der Waals surface area contributed by atoms with Gasteiger partial charge in [-0.1, -0.05) is 11.8 Å². The fraction of sp³-hybridized carbons (Fsp3) is 0.333. The van der Waals surface area contributed by atoms with Crippen molar-refractivity contribution in [2.45, 2.75) is 6.42 Å². The molecule has 0 saturated carbocycles. The molecule has 0 spiro atoms. The number of amides is 2. The van der Waals surface area contributed by atoms with Crippen LogP contribution in [0.1, 0.15) is 22.3 Å². The molecule has 1 aromatic rings. The lowest BCUT2D eigenvalue weighted by molar-refractivity contribution is -0.127. The molecule has 0 aromatic heterocycles. The van der Waals surface area contributed by atoms with Crippen molar-refractivity contribution in [2.75, 3.05) is 27.2 Å². The molecule has 0 atom stereocenters. The van der Waals surface area contributed by atoms with Gasteiger partial charge in [0.2, 0.25) is 5.91 Å². The molecule has 2 amide bonds. The van der Waals surface area contributed by atoms with Crippen molar-refractivity contribution < 1.29 is 14.7 Å². The minimum absolute atomic E-state index is 0.0239. The molecule has 5 nitrogen and oxygen atoms in total. The molecule has 0 aliphatic rings. The standard InChI is InChI=1S/C15H18N2O3/c1-17(2)14(19)11-16-15(20)13-8-6-12(7-9-13)5-3-4-10-18/h6-9,18H,4,10-11H2,1-2H3,(H,16,20). The third-order valence-electron chi connectivity index (χ3n) is 2.52. The molecule has 2 N–H and O–H groups in total. The molecule has 106 valence electrons. The highest BCUT2D eigenvalue weighted by molar-refractivity contribution is 5.96. The number of aliphatic hydroxyl groups is 1. The van der Waals surface area contributed by atoms with Crippen LogP contribution in [0.25, 0.3) is 0 Å². The Kier molecular flexibility index (Phi) is 6.27. The van der Waals surface area contributed by atoms with Gasteiger partial charge >= 0.3 is 0 Å². The monoisotopic (exact) mass is 274 g/mol. The first-order valence-electron chi connectivity index (χ1n) is 6.22. The summed E-state index contributed by atoms with van der Waals surface area (Å²) in [6.45, 7) is 0.0112. The Morgan fingerprint density at radius 3 is 2.45 bits per heavy atom. The molecule has 0 fully saturated rings. The number of rotatable bonds is 4. The number of hydrogen-bond donors (Lipinski definition) is 2. The number of likely N-dealkylation sites (N-methyl/N-ethyl adjacent to an activating group) is 1. The predicted molar refractivity (Wildman–Crippen MR) is 76.1 cm³/mol. The molecule has 0 aliphatic heterocycles. The number of nitrogens with zero attached hydrogens (tertiary/aromatic N) is 1. The van der Waals surface area contributed by atoms with Crippen molar-refractivity contribution in [2.24, 2.45) is 0 Å². The van der Waals surface area contributed by atoms with Crippen LogP contribution in [-0.2, 0) is 4.79 Å². The van der Waals surface area contributed by atoms with Crippen LogP contribution in [0.4, 0.5) is 0 Å². The van der Waals surface area contributed by atoms with Gasteiger partial charge in [0.05, 0.1) is 13.2 Å². The van der Waals surface area contributed by atoms with Gasteiger partial charge in [0.25, 0.3) is 5.91 Å². The second-order valence-corrected chi connectivity index (χ2v) is 4.32. The summed E-state index contributed by atoms with van der Waals surface area (Å²) in [5, 5.41) is 11.2. The molecule has 1 aromatic carbocycles. The van der Waals surface area contributed by atoms with E-state index in [1.54, 1.807) is 38.4 Å².